The smallest absolute Gasteiger partial charge is 0.261 e. The first-order chi connectivity index (χ1) is 15.6. The fourth-order valence-corrected chi connectivity index (χ4v) is 3.60. The van der Waals surface area contributed by atoms with Gasteiger partial charge in [-0.1, -0.05) is 78.4 Å². The Bertz CT molecular complexity index is 1010. The molecule has 0 aliphatic rings. The predicted molar refractivity (Wildman–Crippen MR) is 126 cm³/mol. The molecule has 0 aliphatic carbocycles. The van der Waals surface area contributed by atoms with E-state index in [-0.39, 0.29) is 18.4 Å². The van der Waals surface area contributed by atoms with E-state index in [0.29, 0.717) is 25.3 Å². The van der Waals surface area contributed by atoms with Gasteiger partial charge < -0.3 is 15.0 Å². The Balaban J connectivity index is 1.88. The monoisotopic (exact) mass is 430 g/mol. The van der Waals surface area contributed by atoms with E-state index in [9.17, 15) is 9.59 Å². The van der Waals surface area contributed by atoms with Crippen molar-refractivity contribution >= 4 is 11.8 Å². The third-order valence-corrected chi connectivity index (χ3v) is 5.16. The third-order valence-electron chi connectivity index (χ3n) is 5.16. The van der Waals surface area contributed by atoms with Crippen molar-refractivity contribution in [3.63, 3.8) is 0 Å². The topological polar surface area (TPSA) is 58.6 Å². The van der Waals surface area contributed by atoms with Crippen LogP contribution in [-0.4, -0.2) is 35.9 Å². The third kappa shape index (κ3) is 6.71. The summed E-state index contributed by atoms with van der Waals surface area (Å²) in [6.45, 7) is 4.58. The average Bonchev–Trinajstić information content (AvgIpc) is 2.81. The van der Waals surface area contributed by atoms with Crippen LogP contribution in [0.15, 0.2) is 84.9 Å². The van der Waals surface area contributed by atoms with E-state index >= 15 is 0 Å². The summed E-state index contributed by atoms with van der Waals surface area (Å²) in [5, 5.41) is 2.90. The highest BCUT2D eigenvalue weighted by Gasteiger charge is 2.30. The van der Waals surface area contributed by atoms with Gasteiger partial charge in [-0.25, -0.2) is 0 Å². The van der Waals surface area contributed by atoms with Gasteiger partial charge in [0.15, 0.2) is 6.61 Å². The van der Waals surface area contributed by atoms with E-state index < -0.39 is 6.04 Å². The van der Waals surface area contributed by atoms with E-state index in [4.69, 9.17) is 4.74 Å². The van der Waals surface area contributed by atoms with E-state index in [1.807, 2.05) is 98.8 Å². The van der Waals surface area contributed by atoms with Gasteiger partial charge in [0.2, 0.25) is 5.91 Å². The summed E-state index contributed by atoms with van der Waals surface area (Å²) in [4.78, 5) is 28.1. The van der Waals surface area contributed by atoms with Crippen LogP contribution in [0.25, 0.3) is 0 Å². The minimum Gasteiger partial charge on any atom is -0.484 e. The van der Waals surface area contributed by atoms with Crippen molar-refractivity contribution in [3.8, 4) is 5.75 Å². The zero-order chi connectivity index (χ0) is 22.8. The molecule has 0 aromatic heterocycles. The van der Waals surface area contributed by atoms with E-state index in [1.165, 1.54) is 0 Å². The summed E-state index contributed by atoms with van der Waals surface area (Å²) < 4.78 is 5.73. The van der Waals surface area contributed by atoms with Crippen LogP contribution in [0, 0.1) is 6.92 Å². The molecule has 3 rings (SSSR count). The van der Waals surface area contributed by atoms with Gasteiger partial charge >= 0.3 is 0 Å². The molecular weight excluding hydrogens is 400 g/mol. The van der Waals surface area contributed by atoms with Crippen LogP contribution in [0.4, 0.5) is 0 Å². The van der Waals surface area contributed by atoms with Crippen molar-refractivity contribution in [2.75, 3.05) is 13.2 Å². The first kappa shape index (κ1) is 23.1. The molecular formula is C27H30N2O3. The minimum atomic E-state index is -0.648. The van der Waals surface area contributed by atoms with Crippen LogP contribution in [-0.2, 0) is 22.6 Å². The molecule has 1 N–H and O–H groups in total. The number of carbonyl (C=O) groups is 2. The average molecular weight is 431 g/mol. The summed E-state index contributed by atoms with van der Waals surface area (Å²) in [6, 6.07) is 26.3. The first-order valence-corrected chi connectivity index (χ1v) is 10.9. The number of rotatable bonds is 10. The van der Waals surface area contributed by atoms with Crippen LogP contribution in [0.1, 0.15) is 23.6 Å². The van der Waals surface area contributed by atoms with Gasteiger partial charge in [-0.3, -0.25) is 9.59 Å². The lowest BCUT2D eigenvalue weighted by Gasteiger charge is -2.31. The molecule has 166 valence electrons. The summed E-state index contributed by atoms with van der Waals surface area (Å²) in [7, 11) is 0. The number of ether oxygens (including phenoxy) is 1. The number of nitrogens with zero attached hydrogens (tertiary/aromatic N) is 1. The van der Waals surface area contributed by atoms with Crippen molar-refractivity contribution in [3.05, 3.63) is 102 Å². The highest BCUT2D eigenvalue weighted by Crippen LogP contribution is 2.17. The molecule has 1 unspecified atom stereocenters. The maximum absolute atomic E-state index is 13.4. The molecule has 0 spiro atoms. The number of nitrogens with one attached hydrogen (secondary N) is 1. The minimum absolute atomic E-state index is 0.138. The van der Waals surface area contributed by atoms with E-state index in [2.05, 4.69) is 5.32 Å². The van der Waals surface area contributed by atoms with Crippen LogP contribution in [0.5, 0.6) is 5.75 Å². The van der Waals surface area contributed by atoms with Crippen molar-refractivity contribution in [2.24, 2.45) is 0 Å². The Labute approximate surface area is 190 Å². The quantitative estimate of drug-likeness (QED) is 0.526. The molecule has 0 saturated carbocycles. The molecule has 0 fully saturated rings. The van der Waals surface area contributed by atoms with Crippen LogP contribution in [0.2, 0.25) is 0 Å². The zero-order valence-corrected chi connectivity index (χ0v) is 18.7. The summed E-state index contributed by atoms with van der Waals surface area (Å²) in [5.41, 5.74) is 3.07. The second-order valence-electron chi connectivity index (χ2n) is 7.71. The number of benzene rings is 3. The second kappa shape index (κ2) is 11.7. The molecule has 0 radical (unpaired) electrons. The van der Waals surface area contributed by atoms with Crippen molar-refractivity contribution in [2.45, 2.75) is 32.9 Å². The van der Waals surface area contributed by atoms with E-state index in [0.717, 1.165) is 16.7 Å². The number of aryl methyl sites for hydroxylation is 1. The molecule has 3 aromatic rings. The Kier molecular flexibility index (Phi) is 8.44. The molecule has 0 saturated heterocycles. The van der Waals surface area contributed by atoms with Crippen molar-refractivity contribution < 1.29 is 14.3 Å². The summed E-state index contributed by atoms with van der Waals surface area (Å²) >= 11 is 0. The number of carbonyl (C=O) groups excluding carboxylic acids is 2. The fourth-order valence-electron chi connectivity index (χ4n) is 3.60. The molecule has 1 atom stereocenters. The lowest BCUT2D eigenvalue weighted by molar-refractivity contribution is -0.142. The Morgan fingerprint density at radius 3 is 2.22 bits per heavy atom. The van der Waals surface area contributed by atoms with Crippen LogP contribution >= 0.6 is 0 Å². The SMILES string of the molecule is CCNC(=O)C(Cc1ccccc1)N(Cc1cccc(C)c1)C(=O)COc1ccccc1. The first-order valence-electron chi connectivity index (χ1n) is 10.9. The molecule has 0 aliphatic heterocycles. The molecule has 5 nitrogen and oxygen atoms in total. The molecule has 0 bridgehead atoms. The van der Waals surface area contributed by atoms with Crippen LogP contribution < -0.4 is 10.1 Å². The maximum atomic E-state index is 13.4. The van der Waals surface area contributed by atoms with Gasteiger partial charge in [0.1, 0.15) is 11.8 Å². The molecule has 2 amide bonds. The summed E-state index contributed by atoms with van der Waals surface area (Å²) in [6.07, 6.45) is 0.426. The van der Waals surface area contributed by atoms with Gasteiger partial charge in [0.25, 0.3) is 5.91 Å². The number of para-hydroxylation sites is 1. The lowest BCUT2D eigenvalue weighted by Crippen LogP contribution is -2.51. The predicted octanol–water partition coefficient (Wildman–Crippen LogP) is 4.15. The van der Waals surface area contributed by atoms with Crippen LogP contribution in [0.3, 0.4) is 0 Å². The van der Waals surface area contributed by atoms with Crippen molar-refractivity contribution in [1.29, 1.82) is 0 Å². The van der Waals surface area contributed by atoms with E-state index in [1.54, 1.807) is 4.90 Å². The van der Waals surface area contributed by atoms with Gasteiger partial charge in [0, 0.05) is 19.5 Å². The number of amides is 2. The number of hydrogen-bond acceptors (Lipinski definition) is 3. The van der Waals surface area contributed by atoms with Gasteiger partial charge in [-0.05, 0) is 37.1 Å². The maximum Gasteiger partial charge on any atom is 0.261 e. The standard InChI is InChI=1S/C27H30N2O3/c1-3-28-27(31)25(18-22-12-6-4-7-13-22)29(19-23-14-10-11-21(2)17-23)26(30)20-32-24-15-8-5-9-16-24/h4-17,25H,3,18-20H2,1-2H3,(H,28,31). The summed E-state index contributed by atoms with van der Waals surface area (Å²) in [5.74, 6) is 0.216. The Morgan fingerprint density at radius 1 is 0.906 bits per heavy atom. The second-order valence-corrected chi connectivity index (χ2v) is 7.71. The Morgan fingerprint density at radius 2 is 1.56 bits per heavy atom. The Hall–Kier alpha value is -3.60. The van der Waals surface area contributed by atoms with Gasteiger partial charge in [-0.15, -0.1) is 0 Å². The molecule has 0 heterocycles. The highest BCUT2D eigenvalue weighted by atomic mass is 16.5. The fraction of sp³-hybridized carbons (Fsp3) is 0.259. The molecule has 5 heteroatoms. The van der Waals surface area contributed by atoms with Crippen molar-refractivity contribution in [1.82, 2.24) is 10.2 Å². The zero-order valence-electron chi connectivity index (χ0n) is 18.7. The normalized spacial score (nSPS) is 11.4. The lowest BCUT2D eigenvalue weighted by atomic mass is 10.0. The number of hydrogen-bond donors (Lipinski definition) is 1. The van der Waals surface area contributed by atoms with Gasteiger partial charge in [-0.2, -0.15) is 0 Å². The molecule has 3 aromatic carbocycles. The van der Waals surface area contributed by atoms with Gasteiger partial charge in [0.05, 0.1) is 0 Å². The largest absolute Gasteiger partial charge is 0.484 e. The number of likely N-dealkylation sites (N-methyl/N-ethyl adjacent to an activating group) is 1. The molecule has 32 heavy (non-hydrogen) atoms. The highest BCUT2D eigenvalue weighted by molar-refractivity contribution is 5.88.